The van der Waals surface area contributed by atoms with E-state index in [1.807, 2.05) is 0 Å². The van der Waals surface area contributed by atoms with Crippen LogP contribution in [0.25, 0.3) is 0 Å². The molecule has 0 heterocycles. The molecule has 2 aliphatic carbocycles. The third-order valence-corrected chi connectivity index (χ3v) is 4.82. The fourth-order valence-electron chi connectivity index (χ4n) is 2.21. The largest absolute Gasteiger partial charge is 0.228 e. The molecule has 3 nitrogen and oxygen atoms in total. The summed E-state index contributed by atoms with van der Waals surface area (Å²) >= 11 is 0. The van der Waals surface area contributed by atoms with E-state index in [4.69, 9.17) is 5.14 Å². The molecular formula is C8H15NO2S. The molecule has 2 saturated carbocycles. The molecule has 0 unspecified atom stereocenters. The molecule has 0 bridgehead atoms. The van der Waals surface area contributed by atoms with Gasteiger partial charge in [-0.15, -0.1) is 0 Å². The first-order valence-electron chi connectivity index (χ1n) is 4.54. The Bertz CT molecular complexity index is 269. The molecule has 4 heteroatoms. The van der Waals surface area contributed by atoms with E-state index in [-0.39, 0.29) is 5.25 Å². The molecule has 0 aromatic carbocycles. The molecule has 0 radical (unpaired) electrons. The van der Waals surface area contributed by atoms with Crippen molar-refractivity contribution in [3.63, 3.8) is 0 Å². The van der Waals surface area contributed by atoms with Crippen molar-refractivity contribution in [2.24, 2.45) is 10.6 Å². The molecule has 70 valence electrons. The van der Waals surface area contributed by atoms with Crippen LogP contribution < -0.4 is 5.14 Å². The lowest BCUT2D eigenvalue weighted by Crippen LogP contribution is -2.32. The predicted octanol–water partition coefficient (Wildman–Crippen LogP) is 0.998. The highest BCUT2D eigenvalue weighted by Crippen LogP contribution is 2.56. The zero-order valence-electron chi connectivity index (χ0n) is 7.12. The van der Waals surface area contributed by atoms with Crippen LogP contribution in [0.15, 0.2) is 0 Å². The summed E-state index contributed by atoms with van der Waals surface area (Å²) in [4.78, 5) is 0. The minimum Gasteiger partial charge on any atom is -0.228 e. The Kier molecular flexibility index (Phi) is 1.74. The SMILES string of the molecule is NS(=O)(=O)C1CCC2(CC1)CC2. The molecule has 1 spiro atoms. The summed E-state index contributed by atoms with van der Waals surface area (Å²) in [5.74, 6) is 0. The summed E-state index contributed by atoms with van der Waals surface area (Å²) in [6.07, 6.45) is 6.36. The van der Waals surface area contributed by atoms with E-state index in [0.717, 1.165) is 25.7 Å². The average molecular weight is 189 g/mol. The molecule has 0 amide bonds. The van der Waals surface area contributed by atoms with Crippen LogP contribution in [0.2, 0.25) is 0 Å². The van der Waals surface area contributed by atoms with Gasteiger partial charge in [0.25, 0.3) is 0 Å². The lowest BCUT2D eigenvalue weighted by molar-refractivity contribution is 0.336. The van der Waals surface area contributed by atoms with Gasteiger partial charge >= 0.3 is 0 Å². The van der Waals surface area contributed by atoms with Crippen LogP contribution in [0.3, 0.4) is 0 Å². The van der Waals surface area contributed by atoms with E-state index in [2.05, 4.69) is 0 Å². The molecule has 2 rings (SSSR count). The highest BCUT2D eigenvalue weighted by Gasteiger charge is 2.46. The van der Waals surface area contributed by atoms with Gasteiger partial charge in [0.1, 0.15) is 0 Å². The van der Waals surface area contributed by atoms with Crippen LogP contribution in [-0.2, 0) is 10.0 Å². The van der Waals surface area contributed by atoms with Gasteiger partial charge in [0.15, 0.2) is 0 Å². The van der Waals surface area contributed by atoms with E-state index in [0.29, 0.717) is 5.41 Å². The third-order valence-electron chi connectivity index (χ3n) is 3.42. The minimum atomic E-state index is -3.25. The zero-order chi connectivity index (χ0) is 8.82. The van der Waals surface area contributed by atoms with E-state index >= 15 is 0 Å². The maximum absolute atomic E-state index is 11.0. The topological polar surface area (TPSA) is 60.2 Å². The Balaban J connectivity index is 1.99. The first-order chi connectivity index (χ1) is 5.52. The van der Waals surface area contributed by atoms with Crippen molar-refractivity contribution < 1.29 is 8.42 Å². The molecule has 2 N–H and O–H groups in total. The van der Waals surface area contributed by atoms with Gasteiger partial charge in [-0.1, -0.05) is 0 Å². The lowest BCUT2D eigenvalue weighted by atomic mass is 9.86. The van der Waals surface area contributed by atoms with Crippen molar-refractivity contribution in [3.05, 3.63) is 0 Å². The number of nitrogens with two attached hydrogens (primary N) is 1. The van der Waals surface area contributed by atoms with E-state index in [1.165, 1.54) is 12.8 Å². The van der Waals surface area contributed by atoms with Crippen molar-refractivity contribution in [2.75, 3.05) is 0 Å². The molecule has 2 aliphatic rings. The Hall–Kier alpha value is -0.0900. The van der Waals surface area contributed by atoms with E-state index < -0.39 is 10.0 Å². The van der Waals surface area contributed by atoms with E-state index in [9.17, 15) is 8.42 Å². The second-order valence-electron chi connectivity index (χ2n) is 4.29. The lowest BCUT2D eigenvalue weighted by Gasteiger charge is -2.26. The summed E-state index contributed by atoms with van der Waals surface area (Å²) in [6, 6.07) is 0. The summed E-state index contributed by atoms with van der Waals surface area (Å²) in [6.45, 7) is 0. The summed E-state index contributed by atoms with van der Waals surface area (Å²) in [5.41, 5.74) is 0.557. The van der Waals surface area contributed by atoms with Gasteiger partial charge < -0.3 is 0 Å². The highest BCUT2D eigenvalue weighted by molar-refractivity contribution is 7.89. The van der Waals surface area contributed by atoms with Gasteiger partial charge in [-0.05, 0) is 43.9 Å². The number of hydrogen-bond donors (Lipinski definition) is 1. The van der Waals surface area contributed by atoms with Gasteiger partial charge in [-0.2, -0.15) is 0 Å². The van der Waals surface area contributed by atoms with Crippen LogP contribution in [0.5, 0.6) is 0 Å². The first kappa shape index (κ1) is 8.51. The molecule has 0 atom stereocenters. The van der Waals surface area contributed by atoms with Crippen molar-refractivity contribution in [3.8, 4) is 0 Å². The quantitative estimate of drug-likeness (QED) is 0.669. The van der Waals surface area contributed by atoms with Crippen LogP contribution in [0.4, 0.5) is 0 Å². The fourth-order valence-corrected chi connectivity index (χ4v) is 3.10. The Morgan fingerprint density at radius 1 is 1.08 bits per heavy atom. The Morgan fingerprint density at radius 3 is 1.92 bits per heavy atom. The monoisotopic (exact) mass is 189 g/mol. The van der Waals surface area contributed by atoms with Gasteiger partial charge in [-0.3, -0.25) is 0 Å². The van der Waals surface area contributed by atoms with Crippen molar-refractivity contribution in [1.29, 1.82) is 0 Å². The molecule has 12 heavy (non-hydrogen) atoms. The summed E-state index contributed by atoms with van der Waals surface area (Å²) in [5, 5.41) is 4.84. The second kappa shape index (κ2) is 2.45. The number of sulfonamides is 1. The number of rotatable bonds is 1. The minimum absolute atomic E-state index is 0.247. The maximum Gasteiger partial charge on any atom is 0.211 e. The van der Waals surface area contributed by atoms with Gasteiger partial charge in [0.2, 0.25) is 10.0 Å². The normalized spacial score (nSPS) is 29.1. The molecular weight excluding hydrogens is 174 g/mol. The van der Waals surface area contributed by atoms with Crippen LogP contribution in [0, 0.1) is 5.41 Å². The summed E-state index contributed by atoms with van der Waals surface area (Å²) < 4.78 is 22.0. The Labute approximate surface area is 73.4 Å². The van der Waals surface area contributed by atoms with Crippen LogP contribution in [-0.4, -0.2) is 13.7 Å². The van der Waals surface area contributed by atoms with Crippen molar-refractivity contribution in [1.82, 2.24) is 0 Å². The number of primary sulfonamides is 1. The highest BCUT2D eigenvalue weighted by atomic mass is 32.2. The first-order valence-corrected chi connectivity index (χ1v) is 6.14. The second-order valence-corrected chi connectivity index (χ2v) is 6.13. The summed E-state index contributed by atoms with van der Waals surface area (Å²) in [7, 11) is -3.25. The molecule has 0 aromatic heterocycles. The standard InChI is InChI=1S/C8H15NO2S/c9-12(10,11)7-1-3-8(4-2-7)5-6-8/h7H,1-6H2,(H2,9,10,11). The van der Waals surface area contributed by atoms with Crippen LogP contribution in [0.1, 0.15) is 38.5 Å². The number of hydrogen-bond acceptors (Lipinski definition) is 2. The van der Waals surface area contributed by atoms with Gasteiger partial charge in [-0.25, -0.2) is 13.6 Å². The molecule has 0 aliphatic heterocycles. The van der Waals surface area contributed by atoms with Gasteiger partial charge in [0.05, 0.1) is 5.25 Å². The van der Waals surface area contributed by atoms with E-state index in [1.54, 1.807) is 0 Å². The fraction of sp³-hybridized carbons (Fsp3) is 1.00. The van der Waals surface area contributed by atoms with Crippen molar-refractivity contribution in [2.45, 2.75) is 43.8 Å². The maximum atomic E-state index is 11.0. The average Bonchev–Trinajstić information content (AvgIpc) is 2.68. The van der Waals surface area contributed by atoms with Crippen LogP contribution >= 0.6 is 0 Å². The third kappa shape index (κ3) is 1.50. The zero-order valence-corrected chi connectivity index (χ0v) is 7.94. The smallest absolute Gasteiger partial charge is 0.211 e. The molecule has 0 saturated heterocycles. The Morgan fingerprint density at radius 2 is 1.58 bits per heavy atom. The van der Waals surface area contributed by atoms with Crippen molar-refractivity contribution >= 4 is 10.0 Å². The van der Waals surface area contributed by atoms with Gasteiger partial charge in [0, 0.05) is 0 Å². The predicted molar refractivity (Wildman–Crippen MR) is 47.0 cm³/mol. The molecule has 0 aromatic rings. The molecule has 2 fully saturated rings.